The number of carbonyl (C=O) groups is 2. The van der Waals surface area contributed by atoms with Crippen molar-refractivity contribution in [3.8, 4) is 0 Å². The highest BCUT2D eigenvalue weighted by atomic mass is 32.2. The van der Waals surface area contributed by atoms with Crippen molar-refractivity contribution in [2.75, 3.05) is 44.2 Å². The predicted octanol–water partition coefficient (Wildman–Crippen LogP) is 0.869. The molecule has 1 aromatic rings. The predicted molar refractivity (Wildman–Crippen MR) is 108 cm³/mol. The second-order valence-electron chi connectivity index (χ2n) is 7.55. The molecule has 0 aliphatic carbocycles. The van der Waals surface area contributed by atoms with Crippen molar-refractivity contribution < 1.29 is 18.0 Å². The van der Waals surface area contributed by atoms with Crippen LogP contribution in [0.5, 0.6) is 0 Å². The summed E-state index contributed by atoms with van der Waals surface area (Å²) < 4.78 is 23.6. The second kappa shape index (κ2) is 8.61. The lowest BCUT2D eigenvalue weighted by molar-refractivity contribution is -0.138. The van der Waals surface area contributed by atoms with Crippen molar-refractivity contribution in [2.24, 2.45) is 0 Å². The molecule has 2 aliphatic heterocycles. The first kappa shape index (κ1) is 20.8. The van der Waals surface area contributed by atoms with Crippen molar-refractivity contribution in [2.45, 2.75) is 32.4 Å². The largest absolute Gasteiger partial charge is 0.338 e. The molecule has 0 spiro atoms. The zero-order valence-electron chi connectivity index (χ0n) is 16.6. The summed E-state index contributed by atoms with van der Waals surface area (Å²) in [5.41, 5.74) is 0.680. The van der Waals surface area contributed by atoms with Gasteiger partial charge in [-0.25, -0.2) is 8.42 Å². The Kier molecular flexibility index (Phi) is 6.40. The zero-order valence-corrected chi connectivity index (χ0v) is 17.4. The molecule has 2 saturated heterocycles. The van der Waals surface area contributed by atoms with Crippen LogP contribution in [0.3, 0.4) is 0 Å². The van der Waals surface area contributed by atoms with E-state index < -0.39 is 9.84 Å². The Labute approximate surface area is 167 Å². The Hall–Kier alpha value is -1.93. The fourth-order valence-electron chi connectivity index (χ4n) is 4.09. The molecule has 0 bridgehead atoms. The minimum absolute atomic E-state index is 0.0191. The van der Waals surface area contributed by atoms with E-state index in [-0.39, 0.29) is 35.4 Å². The van der Waals surface area contributed by atoms with Crippen molar-refractivity contribution in [1.82, 2.24) is 14.7 Å². The molecule has 2 aliphatic rings. The van der Waals surface area contributed by atoms with Crippen LogP contribution in [0.1, 0.15) is 30.6 Å². The van der Waals surface area contributed by atoms with Crippen LogP contribution in [0.4, 0.5) is 0 Å². The van der Waals surface area contributed by atoms with Gasteiger partial charge < -0.3 is 9.80 Å². The molecule has 0 saturated carbocycles. The van der Waals surface area contributed by atoms with E-state index in [0.29, 0.717) is 44.7 Å². The first-order valence-electron chi connectivity index (χ1n) is 9.91. The summed E-state index contributed by atoms with van der Waals surface area (Å²) in [6.45, 7) is 6.70. The molecule has 2 amide bonds. The minimum Gasteiger partial charge on any atom is -0.338 e. The number of hydrogen-bond acceptors (Lipinski definition) is 5. The smallest absolute Gasteiger partial charge is 0.253 e. The third-order valence-electron chi connectivity index (χ3n) is 5.80. The number of sulfone groups is 1. The normalized spacial score (nSPS) is 23.4. The van der Waals surface area contributed by atoms with Crippen LogP contribution in [0.15, 0.2) is 30.3 Å². The second-order valence-corrected chi connectivity index (χ2v) is 9.78. The SMILES string of the molecule is CCN(C(=O)C(C)N1CCN(C(=O)c2ccccc2)CC1)C1CCS(=O)(=O)C1. The monoisotopic (exact) mass is 407 g/mol. The van der Waals surface area contributed by atoms with Gasteiger partial charge in [0.05, 0.1) is 17.5 Å². The van der Waals surface area contributed by atoms with E-state index in [9.17, 15) is 18.0 Å². The van der Waals surface area contributed by atoms with Gasteiger partial charge in [-0.05, 0) is 32.4 Å². The molecule has 7 nitrogen and oxygen atoms in total. The van der Waals surface area contributed by atoms with Crippen LogP contribution >= 0.6 is 0 Å². The molecule has 2 unspecified atom stereocenters. The number of amides is 2. The van der Waals surface area contributed by atoms with E-state index >= 15 is 0 Å². The zero-order chi connectivity index (χ0) is 20.3. The van der Waals surface area contributed by atoms with E-state index in [0.717, 1.165) is 0 Å². The Balaban J connectivity index is 1.57. The van der Waals surface area contributed by atoms with Crippen LogP contribution in [0.2, 0.25) is 0 Å². The molecule has 0 radical (unpaired) electrons. The van der Waals surface area contributed by atoms with Crippen LogP contribution < -0.4 is 0 Å². The third-order valence-corrected chi connectivity index (χ3v) is 7.55. The maximum Gasteiger partial charge on any atom is 0.253 e. The van der Waals surface area contributed by atoms with Gasteiger partial charge in [0.1, 0.15) is 0 Å². The number of benzene rings is 1. The molecule has 0 N–H and O–H groups in total. The fraction of sp³-hybridized carbons (Fsp3) is 0.600. The van der Waals surface area contributed by atoms with Gasteiger partial charge in [0.15, 0.2) is 9.84 Å². The van der Waals surface area contributed by atoms with E-state index in [4.69, 9.17) is 0 Å². The van der Waals surface area contributed by atoms with E-state index in [1.54, 1.807) is 4.90 Å². The van der Waals surface area contributed by atoms with Gasteiger partial charge in [-0.15, -0.1) is 0 Å². The van der Waals surface area contributed by atoms with Gasteiger partial charge in [0, 0.05) is 44.3 Å². The number of likely N-dealkylation sites (N-methyl/N-ethyl adjacent to an activating group) is 1. The molecule has 3 rings (SSSR count). The average Bonchev–Trinajstić information content (AvgIpc) is 3.07. The maximum atomic E-state index is 13.0. The molecule has 8 heteroatoms. The summed E-state index contributed by atoms with van der Waals surface area (Å²) in [4.78, 5) is 31.2. The summed E-state index contributed by atoms with van der Waals surface area (Å²) in [6.07, 6.45) is 0.522. The number of carbonyl (C=O) groups excluding carboxylic acids is 2. The topological polar surface area (TPSA) is 78.0 Å². The summed E-state index contributed by atoms with van der Waals surface area (Å²) in [5.74, 6) is 0.229. The maximum absolute atomic E-state index is 13.0. The number of rotatable bonds is 5. The molecular weight excluding hydrogens is 378 g/mol. The molecule has 2 heterocycles. The molecule has 2 atom stereocenters. The Morgan fingerprint density at radius 3 is 2.32 bits per heavy atom. The Morgan fingerprint density at radius 1 is 1.14 bits per heavy atom. The van der Waals surface area contributed by atoms with Crippen LogP contribution in [-0.4, -0.2) is 91.2 Å². The van der Waals surface area contributed by atoms with Gasteiger partial charge >= 0.3 is 0 Å². The molecule has 0 aromatic heterocycles. The van der Waals surface area contributed by atoms with Gasteiger partial charge in [-0.3, -0.25) is 14.5 Å². The van der Waals surface area contributed by atoms with Crippen molar-refractivity contribution in [3.63, 3.8) is 0 Å². The summed E-state index contributed by atoms with van der Waals surface area (Å²) in [7, 11) is -3.03. The molecule has 28 heavy (non-hydrogen) atoms. The summed E-state index contributed by atoms with van der Waals surface area (Å²) in [6, 6.07) is 8.69. The lowest BCUT2D eigenvalue weighted by Crippen LogP contribution is -2.56. The molecular formula is C20H29N3O4S. The van der Waals surface area contributed by atoms with Gasteiger partial charge in [-0.2, -0.15) is 0 Å². The van der Waals surface area contributed by atoms with Gasteiger partial charge in [0.25, 0.3) is 5.91 Å². The highest BCUT2D eigenvalue weighted by Gasteiger charge is 2.37. The van der Waals surface area contributed by atoms with E-state index in [1.165, 1.54) is 0 Å². The summed E-state index contributed by atoms with van der Waals surface area (Å²) >= 11 is 0. The van der Waals surface area contributed by atoms with E-state index in [2.05, 4.69) is 4.90 Å². The molecule has 2 fully saturated rings. The minimum atomic E-state index is -3.03. The summed E-state index contributed by atoms with van der Waals surface area (Å²) in [5, 5.41) is 0. The van der Waals surface area contributed by atoms with E-state index in [1.807, 2.05) is 49.1 Å². The van der Waals surface area contributed by atoms with Crippen LogP contribution in [0.25, 0.3) is 0 Å². The lowest BCUT2D eigenvalue weighted by Gasteiger charge is -2.39. The molecule has 154 valence electrons. The fourth-order valence-corrected chi connectivity index (χ4v) is 5.82. The Morgan fingerprint density at radius 2 is 1.79 bits per heavy atom. The standard InChI is InChI=1S/C20H29N3O4S/c1-3-23(18-9-14-28(26,27)15-18)19(24)16(2)21-10-12-22(13-11-21)20(25)17-7-5-4-6-8-17/h4-8,16,18H,3,9-15H2,1-2H3. The number of piperazine rings is 1. The molecule has 1 aromatic carbocycles. The average molecular weight is 408 g/mol. The first-order chi connectivity index (χ1) is 13.3. The van der Waals surface area contributed by atoms with Gasteiger partial charge in [-0.1, -0.05) is 18.2 Å². The lowest BCUT2D eigenvalue weighted by atomic mass is 10.1. The van der Waals surface area contributed by atoms with Crippen LogP contribution in [0, 0.1) is 0 Å². The number of nitrogens with zero attached hydrogens (tertiary/aromatic N) is 3. The van der Waals surface area contributed by atoms with Crippen molar-refractivity contribution in [1.29, 1.82) is 0 Å². The van der Waals surface area contributed by atoms with Gasteiger partial charge in [0.2, 0.25) is 5.91 Å². The van der Waals surface area contributed by atoms with Crippen molar-refractivity contribution >= 4 is 21.7 Å². The first-order valence-corrected chi connectivity index (χ1v) is 11.7. The highest BCUT2D eigenvalue weighted by molar-refractivity contribution is 7.91. The van der Waals surface area contributed by atoms with Crippen molar-refractivity contribution in [3.05, 3.63) is 35.9 Å². The number of hydrogen-bond donors (Lipinski definition) is 0. The Bertz CT molecular complexity index is 804. The highest BCUT2D eigenvalue weighted by Crippen LogP contribution is 2.20. The van der Waals surface area contributed by atoms with Crippen LogP contribution in [-0.2, 0) is 14.6 Å². The third kappa shape index (κ3) is 4.55. The quantitative estimate of drug-likeness (QED) is 0.724.